The number of amides is 2. The largest absolute Gasteiger partial charge is 0.485 e. The Balaban J connectivity index is 1.25. The highest BCUT2D eigenvalue weighted by molar-refractivity contribution is 7.99. The van der Waals surface area contributed by atoms with Gasteiger partial charge in [-0.2, -0.15) is 0 Å². The molecule has 1 N–H and O–H groups in total. The minimum atomic E-state index is -0.678. The number of fused-ring (bicyclic) bond motifs is 1. The topological polar surface area (TPSA) is 110 Å². The first-order valence-electron chi connectivity index (χ1n) is 10.8. The fraction of sp³-hybridized carbons (Fsp3) is 0.524. The van der Waals surface area contributed by atoms with Crippen LogP contribution in [0.15, 0.2) is 34.2 Å². The summed E-state index contributed by atoms with van der Waals surface area (Å²) >= 11 is 1.26. The van der Waals surface area contributed by atoms with Gasteiger partial charge in [-0.1, -0.05) is 37.2 Å². The number of unbranched alkanes of at least 4 members (excludes halogenated alkanes) is 1. The Morgan fingerprint density at radius 3 is 2.62 bits per heavy atom. The summed E-state index contributed by atoms with van der Waals surface area (Å²) in [5.74, 6) is 1.24. The van der Waals surface area contributed by atoms with Crippen molar-refractivity contribution in [1.29, 1.82) is 0 Å². The fourth-order valence-electron chi connectivity index (χ4n) is 3.67. The van der Waals surface area contributed by atoms with Crippen molar-refractivity contribution in [1.82, 2.24) is 24.6 Å². The van der Waals surface area contributed by atoms with Crippen LogP contribution in [0, 0.1) is 0 Å². The van der Waals surface area contributed by atoms with Crippen LogP contribution in [0.3, 0.4) is 0 Å². The van der Waals surface area contributed by atoms with E-state index >= 15 is 0 Å². The summed E-state index contributed by atoms with van der Waals surface area (Å²) in [5, 5.41) is 7.01. The lowest BCUT2D eigenvalue weighted by atomic mass is 10.2. The Morgan fingerprint density at radius 2 is 1.88 bits per heavy atom. The molecule has 2 aliphatic heterocycles. The molecule has 0 unspecified atom stereocenters. The maximum atomic E-state index is 12.8. The number of ether oxygens (including phenoxy) is 2. The lowest BCUT2D eigenvalue weighted by Gasteiger charge is -2.37. The van der Waals surface area contributed by atoms with E-state index in [2.05, 4.69) is 17.1 Å². The summed E-state index contributed by atoms with van der Waals surface area (Å²) in [6, 6.07) is 7.29. The number of H-pyrrole nitrogens is 1. The van der Waals surface area contributed by atoms with E-state index in [1.54, 1.807) is 20.4 Å². The highest BCUT2D eigenvalue weighted by atomic mass is 32.2. The SMILES string of the molecule is CCCCn1c(SCC(=O)N2CCN(C(=O)[C@@H]3COc4ccccc4O3)CC2)n[nH]c1=O. The minimum absolute atomic E-state index is 0.0363. The Bertz CT molecular complexity index is 1010. The van der Waals surface area contributed by atoms with Crippen molar-refractivity contribution in [2.75, 3.05) is 38.5 Å². The average Bonchev–Trinajstić information content (AvgIpc) is 3.19. The highest BCUT2D eigenvalue weighted by Crippen LogP contribution is 2.31. The molecule has 0 spiro atoms. The van der Waals surface area contributed by atoms with Crippen LogP contribution in [0.1, 0.15) is 19.8 Å². The third-order valence-corrected chi connectivity index (χ3v) is 6.47. The number of hydrogen-bond acceptors (Lipinski definition) is 7. The summed E-state index contributed by atoms with van der Waals surface area (Å²) < 4.78 is 13.0. The second-order valence-electron chi connectivity index (χ2n) is 7.68. The van der Waals surface area contributed by atoms with Crippen LogP contribution < -0.4 is 15.2 Å². The van der Waals surface area contributed by atoms with Crippen molar-refractivity contribution in [3.8, 4) is 11.5 Å². The zero-order valence-corrected chi connectivity index (χ0v) is 18.8. The van der Waals surface area contributed by atoms with E-state index in [1.165, 1.54) is 11.8 Å². The molecule has 172 valence electrons. The van der Waals surface area contributed by atoms with Gasteiger partial charge in [-0.3, -0.25) is 14.2 Å². The summed E-state index contributed by atoms with van der Waals surface area (Å²) in [7, 11) is 0. The highest BCUT2D eigenvalue weighted by Gasteiger charge is 2.33. The third kappa shape index (κ3) is 4.93. The van der Waals surface area contributed by atoms with Gasteiger partial charge in [-0.05, 0) is 18.6 Å². The number of hydrogen-bond donors (Lipinski definition) is 1. The molecule has 10 nitrogen and oxygen atoms in total. The van der Waals surface area contributed by atoms with Crippen molar-refractivity contribution in [2.45, 2.75) is 37.6 Å². The van der Waals surface area contributed by atoms with E-state index in [9.17, 15) is 14.4 Å². The number of rotatable bonds is 7. The van der Waals surface area contributed by atoms with E-state index in [0.29, 0.717) is 49.4 Å². The van der Waals surface area contributed by atoms with Gasteiger partial charge in [-0.15, -0.1) is 5.10 Å². The van der Waals surface area contributed by atoms with Crippen LogP contribution in [-0.4, -0.2) is 81.0 Å². The van der Waals surface area contributed by atoms with Crippen LogP contribution >= 0.6 is 11.8 Å². The monoisotopic (exact) mass is 461 g/mol. The summed E-state index contributed by atoms with van der Waals surface area (Å²) in [4.78, 5) is 40.8. The van der Waals surface area contributed by atoms with Gasteiger partial charge in [0.25, 0.3) is 5.91 Å². The van der Waals surface area contributed by atoms with Gasteiger partial charge < -0.3 is 19.3 Å². The van der Waals surface area contributed by atoms with Gasteiger partial charge in [0.2, 0.25) is 12.0 Å². The molecular formula is C21H27N5O5S. The Labute approximate surface area is 189 Å². The first-order chi connectivity index (χ1) is 15.6. The summed E-state index contributed by atoms with van der Waals surface area (Å²) in [5.41, 5.74) is -0.253. The maximum Gasteiger partial charge on any atom is 0.343 e. The normalized spacial score (nSPS) is 18.0. The number of nitrogens with one attached hydrogen (secondary N) is 1. The van der Waals surface area contributed by atoms with Crippen LogP contribution in [0.25, 0.3) is 0 Å². The smallest absolute Gasteiger partial charge is 0.343 e. The first-order valence-corrected chi connectivity index (χ1v) is 11.8. The second kappa shape index (κ2) is 10.1. The lowest BCUT2D eigenvalue weighted by Crippen LogP contribution is -2.55. The van der Waals surface area contributed by atoms with Gasteiger partial charge in [0, 0.05) is 32.7 Å². The molecule has 0 radical (unpaired) electrons. The van der Waals surface area contributed by atoms with Crippen molar-refractivity contribution >= 4 is 23.6 Å². The molecule has 2 amide bonds. The van der Waals surface area contributed by atoms with Crippen LogP contribution in [0.5, 0.6) is 11.5 Å². The maximum absolute atomic E-state index is 12.8. The van der Waals surface area contributed by atoms with E-state index in [-0.39, 0.29) is 29.9 Å². The fourth-order valence-corrected chi connectivity index (χ4v) is 4.54. The third-order valence-electron chi connectivity index (χ3n) is 5.51. The molecule has 1 saturated heterocycles. The number of aromatic nitrogens is 3. The van der Waals surface area contributed by atoms with E-state index in [0.717, 1.165) is 12.8 Å². The average molecular weight is 462 g/mol. The first kappa shape index (κ1) is 22.3. The molecule has 0 aliphatic carbocycles. The van der Waals surface area contributed by atoms with Gasteiger partial charge in [-0.25, -0.2) is 9.89 Å². The van der Waals surface area contributed by atoms with E-state index in [4.69, 9.17) is 9.47 Å². The molecule has 2 aliphatic rings. The number of benzene rings is 1. The molecule has 1 atom stereocenters. The van der Waals surface area contributed by atoms with Gasteiger partial charge in [0.1, 0.15) is 6.61 Å². The number of piperazine rings is 1. The zero-order valence-electron chi connectivity index (χ0n) is 18.0. The van der Waals surface area contributed by atoms with E-state index in [1.807, 2.05) is 18.2 Å². The molecule has 4 rings (SSSR count). The van der Waals surface area contributed by atoms with Crippen molar-refractivity contribution in [2.24, 2.45) is 0 Å². The molecular weight excluding hydrogens is 434 g/mol. The van der Waals surface area contributed by atoms with E-state index < -0.39 is 6.10 Å². The Morgan fingerprint density at radius 1 is 1.16 bits per heavy atom. The van der Waals surface area contributed by atoms with Gasteiger partial charge in [0.15, 0.2) is 16.7 Å². The van der Waals surface area contributed by atoms with Crippen molar-refractivity contribution in [3.63, 3.8) is 0 Å². The Kier molecular flexibility index (Phi) is 7.03. The number of aromatic amines is 1. The van der Waals surface area contributed by atoms with Crippen LogP contribution in [0.2, 0.25) is 0 Å². The number of para-hydroxylation sites is 2. The van der Waals surface area contributed by atoms with Crippen molar-refractivity contribution in [3.05, 3.63) is 34.7 Å². The molecule has 2 aromatic rings. The van der Waals surface area contributed by atoms with Gasteiger partial charge in [0.05, 0.1) is 5.75 Å². The number of carbonyl (C=O) groups is 2. The molecule has 1 aromatic carbocycles. The number of thioether (sulfide) groups is 1. The second-order valence-corrected chi connectivity index (χ2v) is 8.62. The van der Waals surface area contributed by atoms with Crippen molar-refractivity contribution < 1.29 is 19.1 Å². The predicted molar refractivity (Wildman–Crippen MR) is 118 cm³/mol. The number of carbonyl (C=O) groups excluding carboxylic acids is 2. The molecule has 3 heterocycles. The molecule has 1 fully saturated rings. The number of nitrogens with zero attached hydrogens (tertiary/aromatic N) is 4. The van der Waals surface area contributed by atoms with Crippen LogP contribution in [0.4, 0.5) is 0 Å². The molecule has 1 aromatic heterocycles. The standard InChI is InChI=1S/C21H27N5O5S/c1-2-3-8-26-20(29)22-23-21(26)32-14-18(27)24-9-11-25(12-10-24)19(28)17-13-30-15-6-4-5-7-16(15)31-17/h4-7,17H,2-3,8-14H2,1H3,(H,22,29)/t17-/m0/s1. The Hall–Kier alpha value is -2.95. The molecule has 0 bridgehead atoms. The summed E-state index contributed by atoms with van der Waals surface area (Å²) in [6.45, 7) is 4.62. The predicted octanol–water partition coefficient (Wildman–Crippen LogP) is 0.974. The lowest BCUT2D eigenvalue weighted by molar-refractivity contribution is -0.145. The zero-order chi connectivity index (χ0) is 22.5. The molecule has 0 saturated carbocycles. The molecule has 32 heavy (non-hydrogen) atoms. The quantitative estimate of drug-likeness (QED) is 0.612. The minimum Gasteiger partial charge on any atom is -0.485 e. The summed E-state index contributed by atoms with van der Waals surface area (Å²) in [6.07, 6.45) is 1.16. The molecule has 11 heteroatoms. The van der Waals surface area contributed by atoms with Crippen LogP contribution in [-0.2, 0) is 16.1 Å². The van der Waals surface area contributed by atoms with Gasteiger partial charge >= 0.3 is 5.69 Å².